The minimum absolute atomic E-state index is 0.0397. The molecule has 0 spiro atoms. The van der Waals surface area contributed by atoms with E-state index in [0.717, 1.165) is 17.7 Å². The SMILES string of the molecule is C=C1C2=C(C=CC(OC)C2)CN1C[C@]1(c2nccs2)NC(=O)NC1=O. The van der Waals surface area contributed by atoms with Crippen LogP contribution in [-0.2, 0) is 15.1 Å². The van der Waals surface area contributed by atoms with Crippen LogP contribution in [0.1, 0.15) is 11.4 Å². The van der Waals surface area contributed by atoms with Crippen LogP contribution in [0.25, 0.3) is 0 Å². The van der Waals surface area contributed by atoms with Crippen LogP contribution in [0.15, 0.2) is 47.2 Å². The van der Waals surface area contributed by atoms with Gasteiger partial charge in [-0.05, 0) is 11.1 Å². The van der Waals surface area contributed by atoms with E-state index < -0.39 is 11.6 Å². The molecule has 2 aliphatic heterocycles. The van der Waals surface area contributed by atoms with Crippen LogP contribution < -0.4 is 10.6 Å². The lowest BCUT2D eigenvalue weighted by molar-refractivity contribution is -0.124. The summed E-state index contributed by atoms with van der Waals surface area (Å²) in [5.41, 5.74) is 2.00. The number of carbonyl (C=O) groups is 2. The van der Waals surface area contributed by atoms with Gasteiger partial charge in [-0.1, -0.05) is 18.7 Å². The molecule has 3 amide bonds. The maximum Gasteiger partial charge on any atom is 0.322 e. The van der Waals surface area contributed by atoms with Gasteiger partial charge < -0.3 is 15.0 Å². The van der Waals surface area contributed by atoms with Gasteiger partial charge in [-0.15, -0.1) is 11.3 Å². The molecule has 2 atom stereocenters. The van der Waals surface area contributed by atoms with E-state index in [1.807, 2.05) is 11.0 Å². The average Bonchev–Trinajstić information content (AvgIpc) is 3.29. The van der Waals surface area contributed by atoms with Crippen molar-refractivity contribution in [3.63, 3.8) is 0 Å². The Morgan fingerprint density at radius 3 is 3.00 bits per heavy atom. The van der Waals surface area contributed by atoms with E-state index >= 15 is 0 Å². The molecule has 25 heavy (non-hydrogen) atoms. The summed E-state index contributed by atoms with van der Waals surface area (Å²) in [6.45, 7) is 5.14. The van der Waals surface area contributed by atoms with Crippen LogP contribution in [0.5, 0.6) is 0 Å². The van der Waals surface area contributed by atoms with Crippen molar-refractivity contribution in [1.29, 1.82) is 0 Å². The van der Waals surface area contributed by atoms with Crippen LogP contribution in [0.4, 0.5) is 4.79 Å². The summed E-state index contributed by atoms with van der Waals surface area (Å²) < 4.78 is 5.42. The Hall–Kier alpha value is -2.45. The number of methoxy groups -OCH3 is 1. The molecule has 1 fully saturated rings. The minimum atomic E-state index is -1.19. The van der Waals surface area contributed by atoms with Crippen LogP contribution in [0.2, 0.25) is 0 Å². The lowest BCUT2D eigenvalue weighted by Crippen LogP contribution is -2.52. The highest BCUT2D eigenvalue weighted by molar-refractivity contribution is 7.09. The van der Waals surface area contributed by atoms with E-state index in [-0.39, 0.29) is 18.6 Å². The van der Waals surface area contributed by atoms with Gasteiger partial charge in [0.2, 0.25) is 0 Å². The number of hydrogen-bond donors (Lipinski definition) is 2. The van der Waals surface area contributed by atoms with Crippen molar-refractivity contribution < 1.29 is 14.3 Å². The van der Waals surface area contributed by atoms with Crippen molar-refractivity contribution in [3.8, 4) is 0 Å². The first-order valence-corrected chi connectivity index (χ1v) is 8.82. The number of amides is 3. The summed E-state index contributed by atoms with van der Waals surface area (Å²) in [6, 6.07) is -0.498. The Morgan fingerprint density at radius 1 is 1.52 bits per heavy atom. The van der Waals surface area contributed by atoms with Gasteiger partial charge in [0.15, 0.2) is 5.54 Å². The van der Waals surface area contributed by atoms with Gasteiger partial charge in [-0.2, -0.15) is 0 Å². The van der Waals surface area contributed by atoms with Gasteiger partial charge >= 0.3 is 6.03 Å². The third kappa shape index (κ3) is 2.49. The normalized spacial score (nSPS) is 28.4. The average molecular weight is 358 g/mol. The van der Waals surface area contributed by atoms with E-state index in [4.69, 9.17) is 4.74 Å². The molecule has 1 aromatic heterocycles. The Balaban J connectivity index is 1.61. The van der Waals surface area contributed by atoms with E-state index in [1.165, 1.54) is 16.9 Å². The lowest BCUT2D eigenvalue weighted by atomic mass is 9.96. The zero-order chi connectivity index (χ0) is 17.6. The molecule has 1 saturated heterocycles. The number of allylic oxidation sites excluding steroid dienone is 1. The number of imide groups is 1. The maximum atomic E-state index is 12.6. The van der Waals surface area contributed by atoms with Gasteiger partial charge in [0, 0.05) is 37.3 Å². The van der Waals surface area contributed by atoms with Crippen LogP contribution in [-0.4, -0.2) is 48.1 Å². The first kappa shape index (κ1) is 16.0. The number of nitrogens with one attached hydrogen (secondary N) is 2. The molecule has 130 valence electrons. The van der Waals surface area contributed by atoms with Crippen LogP contribution in [0.3, 0.4) is 0 Å². The molecule has 0 aromatic carbocycles. The van der Waals surface area contributed by atoms with Crippen LogP contribution >= 0.6 is 11.3 Å². The van der Waals surface area contributed by atoms with E-state index in [1.54, 1.807) is 18.7 Å². The molecular weight excluding hydrogens is 340 g/mol. The number of aromatic nitrogens is 1. The van der Waals surface area contributed by atoms with Crippen molar-refractivity contribution >= 4 is 23.3 Å². The minimum Gasteiger partial charge on any atom is -0.377 e. The standard InChI is InChI=1S/C17H18N4O3S/c1-10-13-7-12(24-2)4-3-11(13)8-21(10)9-17(15-18-5-6-25-15)14(22)19-16(23)20-17/h3-6,12H,1,7-9H2,2H3,(H2,19,20,22,23)/t12?,17-/m0/s1. The summed E-state index contributed by atoms with van der Waals surface area (Å²) in [5, 5.41) is 7.47. The number of hydrogen-bond acceptors (Lipinski definition) is 6. The monoisotopic (exact) mass is 358 g/mol. The molecule has 7 nitrogen and oxygen atoms in total. The Morgan fingerprint density at radius 2 is 2.36 bits per heavy atom. The topological polar surface area (TPSA) is 83.6 Å². The van der Waals surface area contributed by atoms with Gasteiger partial charge in [0.25, 0.3) is 5.91 Å². The van der Waals surface area contributed by atoms with E-state index in [0.29, 0.717) is 11.6 Å². The number of ether oxygens (including phenoxy) is 1. The van der Waals surface area contributed by atoms with Gasteiger partial charge in [0.05, 0.1) is 12.6 Å². The fourth-order valence-corrected chi connectivity index (χ4v) is 4.30. The molecule has 0 bridgehead atoms. The highest BCUT2D eigenvalue weighted by Crippen LogP contribution is 2.38. The number of urea groups is 1. The first-order chi connectivity index (χ1) is 12.0. The summed E-state index contributed by atoms with van der Waals surface area (Å²) >= 11 is 1.35. The number of carbonyl (C=O) groups excluding carboxylic acids is 2. The summed E-state index contributed by atoms with van der Waals surface area (Å²) in [6.07, 6.45) is 6.53. The predicted molar refractivity (Wildman–Crippen MR) is 92.8 cm³/mol. The van der Waals surface area contributed by atoms with Crippen molar-refractivity contribution in [1.82, 2.24) is 20.5 Å². The van der Waals surface area contributed by atoms with Crippen molar-refractivity contribution in [3.05, 3.63) is 52.2 Å². The zero-order valence-corrected chi connectivity index (χ0v) is 14.6. The van der Waals surface area contributed by atoms with Gasteiger partial charge in [-0.3, -0.25) is 10.1 Å². The fraction of sp³-hybridized carbons (Fsp3) is 0.353. The molecule has 4 rings (SSSR count). The Bertz CT molecular complexity index is 814. The number of nitrogens with zero attached hydrogens (tertiary/aromatic N) is 2. The van der Waals surface area contributed by atoms with Crippen LogP contribution in [0, 0.1) is 0 Å². The molecule has 3 heterocycles. The highest BCUT2D eigenvalue weighted by atomic mass is 32.1. The third-order valence-corrected chi connectivity index (χ3v) is 5.80. The Labute approximate surface area is 149 Å². The summed E-state index contributed by atoms with van der Waals surface area (Å²) in [5.74, 6) is -0.379. The zero-order valence-electron chi connectivity index (χ0n) is 13.7. The first-order valence-electron chi connectivity index (χ1n) is 7.94. The predicted octanol–water partition coefficient (Wildman–Crippen LogP) is 1.28. The van der Waals surface area contributed by atoms with E-state index in [2.05, 4.69) is 28.3 Å². The molecule has 0 radical (unpaired) electrons. The van der Waals surface area contributed by atoms with Crippen molar-refractivity contribution in [2.75, 3.05) is 20.2 Å². The second kappa shape index (κ2) is 5.82. The molecule has 1 unspecified atom stereocenters. The quantitative estimate of drug-likeness (QED) is 0.792. The number of thiazole rings is 1. The van der Waals surface area contributed by atoms with Gasteiger partial charge in [-0.25, -0.2) is 9.78 Å². The molecule has 1 aliphatic carbocycles. The second-order valence-corrected chi connectivity index (χ2v) is 7.19. The Kier molecular flexibility index (Phi) is 3.73. The third-order valence-electron chi connectivity index (χ3n) is 4.87. The molecule has 8 heteroatoms. The van der Waals surface area contributed by atoms with E-state index in [9.17, 15) is 9.59 Å². The molecule has 3 aliphatic rings. The molecule has 1 aromatic rings. The molecular formula is C17H18N4O3S. The van der Waals surface area contributed by atoms with Crippen molar-refractivity contribution in [2.45, 2.75) is 18.1 Å². The summed E-state index contributed by atoms with van der Waals surface area (Å²) in [7, 11) is 1.69. The lowest BCUT2D eigenvalue weighted by Gasteiger charge is -2.31. The summed E-state index contributed by atoms with van der Waals surface area (Å²) in [4.78, 5) is 30.7. The smallest absolute Gasteiger partial charge is 0.322 e. The molecule has 0 saturated carbocycles. The second-order valence-electron chi connectivity index (χ2n) is 6.29. The number of rotatable bonds is 4. The van der Waals surface area contributed by atoms with Crippen molar-refractivity contribution in [2.24, 2.45) is 0 Å². The largest absolute Gasteiger partial charge is 0.377 e. The molecule has 2 N–H and O–H groups in total. The maximum absolute atomic E-state index is 12.6. The van der Waals surface area contributed by atoms with Gasteiger partial charge in [0.1, 0.15) is 5.01 Å². The highest BCUT2D eigenvalue weighted by Gasteiger charge is 2.51. The fourth-order valence-electron chi connectivity index (χ4n) is 3.52.